The number of anilines is 1. The Kier molecular flexibility index (Phi) is 5.11. The number of hydrogen-bond acceptors (Lipinski definition) is 5. The molecule has 1 amide bonds. The maximum Gasteiger partial charge on any atom is 0.333 e. The Morgan fingerprint density at radius 2 is 1.87 bits per heavy atom. The third kappa shape index (κ3) is 3.70. The molecule has 30 heavy (non-hydrogen) atoms. The third-order valence-electron chi connectivity index (χ3n) is 4.38. The van der Waals surface area contributed by atoms with Gasteiger partial charge in [-0.25, -0.2) is 18.7 Å². The van der Waals surface area contributed by atoms with Crippen molar-refractivity contribution in [1.82, 2.24) is 14.5 Å². The fraction of sp³-hybridized carbons (Fsp3) is 0.0476. The van der Waals surface area contributed by atoms with E-state index >= 15 is 0 Å². The van der Waals surface area contributed by atoms with E-state index in [1.807, 2.05) is 24.4 Å². The Hall–Kier alpha value is -3.85. The number of thiazole rings is 1. The van der Waals surface area contributed by atoms with Crippen LogP contribution in [0, 0.1) is 12.7 Å². The molecule has 0 spiro atoms. The summed E-state index contributed by atoms with van der Waals surface area (Å²) in [4.78, 5) is 44.7. The molecule has 2 aromatic heterocycles. The van der Waals surface area contributed by atoms with E-state index in [4.69, 9.17) is 0 Å². The number of benzene rings is 2. The number of halogens is 1. The number of aryl methyl sites for hydroxylation is 1. The number of nitrogens with one attached hydrogen (secondary N) is 2. The Morgan fingerprint density at radius 3 is 2.57 bits per heavy atom. The number of para-hydroxylation sites is 1. The highest BCUT2D eigenvalue weighted by Crippen LogP contribution is 2.28. The molecule has 2 aromatic carbocycles. The lowest BCUT2D eigenvalue weighted by Gasteiger charge is -2.10. The molecular weight excluding hydrogens is 407 g/mol. The normalized spacial score (nSPS) is 10.7. The molecule has 9 heteroatoms. The molecule has 0 aliphatic rings. The summed E-state index contributed by atoms with van der Waals surface area (Å²) < 4.78 is 14.0. The first-order valence-corrected chi connectivity index (χ1v) is 9.75. The van der Waals surface area contributed by atoms with Gasteiger partial charge in [0.05, 0.1) is 22.1 Å². The number of rotatable bonds is 4. The van der Waals surface area contributed by atoms with Gasteiger partial charge in [-0.05, 0) is 37.3 Å². The summed E-state index contributed by atoms with van der Waals surface area (Å²) in [5.74, 6) is -1.20. The molecule has 0 unspecified atom stereocenters. The average Bonchev–Trinajstić information content (AvgIpc) is 3.16. The molecule has 0 bridgehead atoms. The van der Waals surface area contributed by atoms with Crippen LogP contribution in [0.3, 0.4) is 0 Å². The Bertz CT molecular complexity index is 1360. The van der Waals surface area contributed by atoms with E-state index in [1.54, 1.807) is 12.1 Å². The minimum atomic E-state index is -0.815. The summed E-state index contributed by atoms with van der Waals surface area (Å²) in [6.07, 6.45) is 1.07. The van der Waals surface area contributed by atoms with E-state index in [2.05, 4.69) is 15.3 Å². The van der Waals surface area contributed by atoms with E-state index in [0.717, 1.165) is 27.9 Å². The first kappa shape index (κ1) is 19.5. The van der Waals surface area contributed by atoms with E-state index < -0.39 is 23.0 Å². The molecule has 2 N–H and O–H groups in total. The standard InChI is InChI=1S/C21H15FN4O3S/c1-12-24-18(11-30-12)15-4-2-3-5-17(15)25-19(27)16-10-23-21(29)26(20(16)28)14-8-6-13(22)7-9-14/h2-11H,1H3,(H,23,29)(H,25,27). The number of nitrogens with zero attached hydrogens (tertiary/aromatic N) is 2. The number of hydrogen-bond donors (Lipinski definition) is 2. The molecule has 0 aliphatic heterocycles. The highest BCUT2D eigenvalue weighted by Gasteiger charge is 2.18. The van der Waals surface area contributed by atoms with Gasteiger partial charge in [0.25, 0.3) is 11.5 Å². The number of aromatic amines is 1. The average molecular weight is 422 g/mol. The molecule has 0 aliphatic carbocycles. The molecule has 4 rings (SSSR count). The fourth-order valence-electron chi connectivity index (χ4n) is 2.95. The van der Waals surface area contributed by atoms with Crippen LogP contribution in [0.2, 0.25) is 0 Å². The zero-order chi connectivity index (χ0) is 21.3. The van der Waals surface area contributed by atoms with Crippen molar-refractivity contribution >= 4 is 22.9 Å². The molecule has 7 nitrogen and oxygen atoms in total. The molecule has 0 saturated carbocycles. The third-order valence-corrected chi connectivity index (χ3v) is 5.15. The van der Waals surface area contributed by atoms with Gasteiger partial charge < -0.3 is 10.3 Å². The van der Waals surface area contributed by atoms with Gasteiger partial charge in [-0.1, -0.05) is 18.2 Å². The van der Waals surface area contributed by atoms with E-state index in [1.165, 1.54) is 23.5 Å². The molecule has 0 fully saturated rings. The SMILES string of the molecule is Cc1nc(-c2ccccc2NC(=O)c2c[nH]c(=O)n(-c3ccc(F)cc3)c2=O)cs1. The lowest BCUT2D eigenvalue weighted by Crippen LogP contribution is -2.38. The molecule has 2 heterocycles. The summed E-state index contributed by atoms with van der Waals surface area (Å²) in [7, 11) is 0. The highest BCUT2D eigenvalue weighted by molar-refractivity contribution is 7.09. The number of carbonyl (C=O) groups excluding carboxylic acids is 1. The molecule has 0 radical (unpaired) electrons. The maximum atomic E-state index is 13.2. The number of H-pyrrole nitrogens is 1. The van der Waals surface area contributed by atoms with Crippen molar-refractivity contribution in [2.75, 3.05) is 5.32 Å². The van der Waals surface area contributed by atoms with Crippen molar-refractivity contribution in [1.29, 1.82) is 0 Å². The van der Waals surface area contributed by atoms with Crippen LogP contribution in [0.1, 0.15) is 15.4 Å². The van der Waals surface area contributed by atoms with Crippen molar-refractivity contribution in [2.45, 2.75) is 6.92 Å². The van der Waals surface area contributed by atoms with Gasteiger partial charge >= 0.3 is 5.69 Å². The predicted octanol–water partition coefficient (Wildman–Crippen LogP) is 3.35. The Balaban J connectivity index is 1.72. The fourth-order valence-corrected chi connectivity index (χ4v) is 3.57. The predicted molar refractivity (Wildman–Crippen MR) is 113 cm³/mol. The molecular formula is C21H15FN4O3S. The quantitative estimate of drug-likeness (QED) is 0.527. The van der Waals surface area contributed by atoms with Crippen molar-refractivity contribution < 1.29 is 9.18 Å². The maximum absolute atomic E-state index is 13.2. The Labute approximate surface area is 173 Å². The van der Waals surface area contributed by atoms with Gasteiger partial charge in [-0.2, -0.15) is 0 Å². The van der Waals surface area contributed by atoms with Crippen molar-refractivity contribution in [3.8, 4) is 16.9 Å². The second kappa shape index (κ2) is 7.88. The zero-order valence-electron chi connectivity index (χ0n) is 15.7. The summed E-state index contributed by atoms with van der Waals surface area (Å²) in [6.45, 7) is 1.88. The van der Waals surface area contributed by atoms with Gasteiger partial charge in [-0.15, -0.1) is 11.3 Å². The largest absolute Gasteiger partial charge is 0.333 e. The smallest absolute Gasteiger partial charge is 0.321 e. The monoisotopic (exact) mass is 422 g/mol. The summed E-state index contributed by atoms with van der Waals surface area (Å²) in [6, 6.07) is 11.9. The Morgan fingerprint density at radius 1 is 1.13 bits per heavy atom. The van der Waals surface area contributed by atoms with Gasteiger partial charge in [0.15, 0.2) is 0 Å². The van der Waals surface area contributed by atoms with Crippen LogP contribution < -0.4 is 16.6 Å². The van der Waals surface area contributed by atoms with Gasteiger partial charge in [0.1, 0.15) is 11.4 Å². The van der Waals surface area contributed by atoms with Crippen molar-refractivity contribution in [3.05, 3.63) is 97.3 Å². The lowest BCUT2D eigenvalue weighted by molar-refractivity contribution is 0.102. The number of carbonyl (C=O) groups is 1. The minimum absolute atomic E-state index is 0.149. The zero-order valence-corrected chi connectivity index (χ0v) is 16.5. The van der Waals surface area contributed by atoms with Gasteiger partial charge in [0.2, 0.25) is 0 Å². The second-order valence-electron chi connectivity index (χ2n) is 6.38. The molecule has 0 atom stereocenters. The van der Waals surface area contributed by atoms with Gasteiger partial charge in [0, 0.05) is 17.1 Å². The van der Waals surface area contributed by atoms with Crippen LogP contribution in [-0.2, 0) is 0 Å². The first-order valence-electron chi connectivity index (χ1n) is 8.87. The summed E-state index contributed by atoms with van der Waals surface area (Å²) in [5.41, 5.74) is 0.231. The molecule has 0 saturated heterocycles. The van der Waals surface area contributed by atoms with Crippen LogP contribution in [0.4, 0.5) is 10.1 Å². The van der Waals surface area contributed by atoms with E-state index in [-0.39, 0.29) is 11.3 Å². The molecule has 4 aromatic rings. The molecule has 150 valence electrons. The van der Waals surface area contributed by atoms with Crippen molar-refractivity contribution in [2.24, 2.45) is 0 Å². The van der Waals surface area contributed by atoms with Crippen LogP contribution in [-0.4, -0.2) is 20.4 Å². The van der Waals surface area contributed by atoms with Crippen LogP contribution in [0.25, 0.3) is 16.9 Å². The highest BCUT2D eigenvalue weighted by atomic mass is 32.1. The van der Waals surface area contributed by atoms with Crippen LogP contribution >= 0.6 is 11.3 Å². The van der Waals surface area contributed by atoms with Crippen LogP contribution in [0.15, 0.2) is 69.7 Å². The topological polar surface area (TPSA) is 96.8 Å². The van der Waals surface area contributed by atoms with Crippen molar-refractivity contribution in [3.63, 3.8) is 0 Å². The van der Waals surface area contributed by atoms with E-state index in [9.17, 15) is 18.8 Å². The van der Waals surface area contributed by atoms with Gasteiger partial charge in [-0.3, -0.25) is 9.59 Å². The minimum Gasteiger partial charge on any atom is -0.321 e. The lowest BCUT2D eigenvalue weighted by atomic mass is 10.1. The summed E-state index contributed by atoms with van der Waals surface area (Å²) in [5, 5.41) is 5.47. The second-order valence-corrected chi connectivity index (χ2v) is 7.44. The number of amides is 1. The van der Waals surface area contributed by atoms with Crippen LogP contribution in [0.5, 0.6) is 0 Å². The van der Waals surface area contributed by atoms with E-state index in [0.29, 0.717) is 16.9 Å². The number of aromatic nitrogens is 3. The first-order chi connectivity index (χ1) is 14.4. The summed E-state index contributed by atoms with van der Waals surface area (Å²) >= 11 is 1.48.